The quantitative estimate of drug-likeness (QED) is 0.800. The van der Waals surface area contributed by atoms with E-state index in [0.717, 1.165) is 37.5 Å². The maximum Gasteiger partial charge on any atom is 0.212 e. The summed E-state index contributed by atoms with van der Waals surface area (Å²) in [5.41, 5.74) is 1.17. The predicted molar refractivity (Wildman–Crippen MR) is 76.6 cm³/mol. The second-order valence-electron chi connectivity index (χ2n) is 4.20. The second-order valence-corrected chi connectivity index (χ2v) is 5.15. The van der Waals surface area contributed by atoms with E-state index in [1.807, 2.05) is 18.2 Å². The average molecular weight is 262 g/mol. The molecule has 4 heteroatoms. The number of nitrogens with one attached hydrogen (secondary N) is 1. The molecule has 1 N–H and O–H groups in total. The Kier molecular flexibility index (Phi) is 4.70. The van der Waals surface area contributed by atoms with Gasteiger partial charge in [-0.15, -0.1) is 11.8 Å². The third-order valence-corrected chi connectivity index (χ3v) is 4.07. The molecule has 0 unspecified atom stereocenters. The van der Waals surface area contributed by atoms with Gasteiger partial charge >= 0.3 is 0 Å². The molecule has 3 nitrogen and oxygen atoms in total. The number of rotatable bonds is 6. The van der Waals surface area contributed by atoms with E-state index >= 15 is 0 Å². The van der Waals surface area contributed by atoms with Gasteiger partial charge in [-0.2, -0.15) is 0 Å². The predicted octanol–water partition coefficient (Wildman–Crippen LogP) is 2.87. The van der Waals surface area contributed by atoms with Gasteiger partial charge in [0.15, 0.2) is 0 Å². The highest BCUT2D eigenvalue weighted by molar-refractivity contribution is 8.08. The highest BCUT2D eigenvalue weighted by Gasteiger charge is 2.23. The number of carbonyl (C=O) groups excluding carboxylic acids is 1. The van der Waals surface area contributed by atoms with Crippen LogP contribution in [-0.4, -0.2) is 23.7 Å². The van der Waals surface area contributed by atoms with Crippen LogP contribution < -0.4 is 5.32 Å². The molecule has 1 aliphatic heterocycles. The van der Waals surface area contributed by atoms with E-state index < -0.39 is 0 Å². The van der Waals surface area contributed by atoms with Gasteiger partial charge in [0.2, 0.25) is 6.41 Å². The number of hydrogen-bond donors (Lipinski definition) is 1. The molecule has 0 fully saturated rings. The maximum atomic E-state index is 10.8. The molecule has 0 saturated carbocycles. The Morgan fingerprint density at radius 1 is 1.39 bits per heavy atom. The third kappa shape index (κ3) is 2.88. The van der Waals surface area contributed by atoms with E-state index in [4.69, 9.17) is 0 Å². The second kappa shape index (κ2) is 6.50. The fourth-order valence-corrected chi connectivity index (χ4v) is 3.14. The minimum Gasteiger partial charge on any atom is -0.348 e. The van der Waals surface area contributed by atoms with Crippen molar-refractivity contribution in [2.75, 3.05) is 12.4 Å². The summed E-state index contributed by atoms with van der Waals surface area (Å²) in [4.78, 5) is 14.2. The SMILES string of the molecule is CCCCN1CSC(c2ccccc2)=C1NC=O. The summed E-state index contributed by atoms with van der Waals surface area (Å²) in [6.45, 7) is 3.17. The van der Waals surface area contributed by atoms with E-state index in [0.29, 0.717) is 0 Å². The Morgan fingerprint density at radius 3 is 2.83 bits per heavy atom. The molecule has 0 aromatic heterocycles. The van der Waals surface area contributed by atoms with Crippen LogP contribution in [0, 0.1) is 0 Å². The van der Waals surface area contributed by atoms with Crippen molar-refractivity contribution in [3.8, 4) is 0 Å². The van der Waals surface area contributed by atoms with Crippen molar-refractivity contribution in [1.82, 2.24) is 10.2 Å². The fraction of sp³-hybridized carbons (Fsp3) is 0.357. The Bertz CT molecular complexity index is 431. The molecule has 96 valence electrons. The van der Waals surface area contributed by atoms with Crippen LogP contribution in [0.4, 0.5) is 0 Å². The number of benzene rings is 1. The molecule has 1 aromatic rings. The fourth-order valence-electron chi connectivity index (χ4n) is 1.97. The van der Waals surface area contributed by atoms with E-state index in [2.05, 4.69) is 29.3 Å². The molecule has 2 rings (SSSR count). The highest BCUT2D eigenvalue weighted by Crippen LogP contribution is 2.37. The molecule has 0 aliphatic carbocycles. The van der Waals surface area contributed by atoms with Gasteiger partial charge in [0.1, 0.15) is 5.82 Å². The maximum absolute atomic E-state index is 10.8. The van der Waals surface area contributed by atoms with E-state index in [9.17, 15) is 4.79 Å². The molecule has 0 atom stereocenters. The average Bonchev–Trinajstić information content (AvgIpc) is 2.81. The summed E-state index contributed by atoms with van der Waals surface area (Å²) < 4.78 is 0. The zero-order valence-electron chi connectivity index (χ0n) is 10.6. The molecular formula is C14H18N2OS. The number of nitrogens with zero attached hydrogens (tertiary/aromatic N) is 1. The van der Waals surface area contributed by atoms with Crippen LogP contribution >= 0.6 is 11.8 Å². The number of carbonyl (C=O) groups is 1. The lowest BCUT2D eigenvalue weighted by Gasteiger charge is -2.20. The molecule has 1 amide bonds. The first-order valence-corrected chi connectivity index (χ1v) is 7.23. The smallest absolute Gasteiger partial charge is 0.212 e. The number of thioether (sulfide) groups is 1. The van der Waals surface area contributed by atoms with Crippen LogP contribution in [-0.2, 0) is 4.79 Å². The standard InChI is InChI=1S/C14H18N2OS/c1-2-3-9-16-11-18-13(14(16)15-10-17)12-7-5-4-6-8-12/h4-8,10H,2-3,9,11H2,1H3,(H,15,17). The molecule has 0 radical (unpaired) electrons. The summed E-state index contributed by atoms with van der Waals surface area (Å²) in [5, 5.41) is 2.86. The van der Waals surface area contributed by atoms with Crippen molar-refractivity contribution < 1.29 is 4.79 Å². The molecule has 0 spiro atoms. The van der Waals surface area contributed by atoms with Crippen LogP contribution in [0.3, 0.4) is 0 Å². The zero-order valence-corrected chi connectivity index (χ0v) is 11.4. The zero-order chi connectivity index (χ0) is 12.8. The van der Waals surface area contributed by atoms with Gasteiger partial charge in [-0.3, -0.25) is 4.79 Å². The van der Waals surface area contributed by atoms with Crippen LogP contribution in [0.25, 0.3) is 4.91 Å². The molecule has 0 bridgehead atoms. The Labute approximate surface area is 112 Å². The van der Waals surface area contributed by atoms with Crippen LogP contribution in [0.15, 0.2) is 36.2 Å². The minimum atomic E-state index is 0.767. The Morgan fingerprint density at radius 2 is 2.17 bits per heavy atom. The van der Waals surface area contributed by atoms with Crippen LogP contribution in [0.2, 0.25) is 0 Å². The summed E-state index contributed by atoms with van der Waals surface area (Å²) in [5.74, 6) is 1.87. The van der Waals surface area contributed by atoms with Crippen molar-refractivity contribution in [3.63, 3.8) is 0 Å². The van der Waals surface area contributed by atoms with Crippen molar-refractivity contribution in [3.05, 3.63) is 41.7 Å². The first kappa shape index (κ1) is 13.0. The van der Waals surface area contributed by atoms with Gasteiger partial charge in [-0.05, 0) is 12.0 Å². The molecular weight excluding hydrogens is 244 g/mol. The van der Waals surface area contributed by atoms with Gasteiger partial charge in [0.05, 0.1) is 10.8 Å². The van der Waals surface area contributed by atoms with Crippen molar-refractivity contribution in [2.45, 2.75) is 19.8 Å². The Hall–Kier alpha value is -1.42. The molecule has 18 heavy (non-hydrogen) atoms. The van der Waals surface area contributed by atoms with Crippen molar-refractivity contribution in [1.29, 1.82) is 0 Å². The molecule has 0 saturated heterocycles. The lowest BCUT2D eigenvalue weighted by molar-refractivity contribution is -0.109. The van der Waals surface area contributed by atoms with Gasteiger partial charge in [0.25, 0.3) is 0 Å². The summed E-state index contributed by atoms with van der Waals surface area (Å²) in [7, 11) is 0. The molecule has 1 heterocycles. The molecule has 1 aliphatic rings. The lowest BCUT2D eigenvalue weighted by Crippen LogP contribution is -2.29. The number of unbranched alkanes of at least 4 members (excludes halogenated alkanes) is 1. The monoisotopic (exact) mass is 262 g/mol. The molecule has 1 aromatic carbocycles. The van der Waals surface area contributed by atoms with Crippen molar-refractivity contribution >= 4 is 23.1 Å². The van der Waals surface area contributed by atoms with Crippen molar-refractivity contribution in [2.24, 2.45) is 0 Å². The van der Waals surface area contributed by atoms with Gasteiger partial charge in [-0.1, -0.05) is 43.7 Å². The van der Waals surface area contributed by atoms with Crippen LogP contribution in [0.5, 0.6) is 0 Å². The van der Waals surface area contributed by atoms with E-state index in [1.54, 1.807) is 11.8 Å². The van der Waals surface area contributed by atoms with Gasteiger partial charge in [-0.25, -0.2) is 0 Å². The van der Waals surface area contributed by atoms with Gasteiger partial charge in [0, 0.05) is 6.54 Å². The van der Waals surface area contributed by atoms with Gasteiger partial charge < -0.3 is 10.2 Å². The third-order valence-electron chi connectivity index (χ3n) is 2.91. The first-order valence-electron chi connectivity index (χ1n) is 6.24. The summed E-state index contributed by atoms with van der Waals surface area (Å²) in [6, 6.07) is 10.2. The minimum absolute atomic E-state index is 0.767. The number of hydrogen-bond acceptors (Lipinski definition) is 3. The first-order chi connectivity index (χ1) is 8.86. The summed E-state index contributed by atoms with van der Waals surface area (Å²) >= 11 is 1.79. The lowest BCUT2D eigenvalue weighted by atomic mass is 10.2. The largest absolute Gasteiger partial charge is 0.348 e. The Balaban J connectivity index is 2.24. The topological polar surface area (TPSA) is 32.3 Å². The summed E-state index contributed by atoms with van der Waals surface area (Å²) in [6.07, 6.45) is 3.08. The number of amides is 1. The normalized spacial score (nSPS) is 15.1. The highest BCUT2D eigenvalue weighted by atomic mass is 32.2. The van der Waals surface area contributed by atoms with E-state index in [1.165, 1.54) is 10.5 Å². The van der Waals surface area contributed by atoms with Crippen LogP contribution in [0.1, 0.15) is 25.3 Å². The van der Waals surface area contributed by atoms with E-state index in [-0.39, 0.29) is 0 Å².